The molecule has 0 saturated carbocycles. The number of methoxy groups -OCH3 is 1. The van der Waals surface area contributed by atoms with E-state index in [9.17, 15) is 9.90 Å². The van der Waals surface area contributed by atoms with Crippen molar-refractivity contribution in [2.75, 3.05) is 26.7 Å². The minimum absolute atomic E-state index is 0.225. The molecule has 2 N–H and O–H groups in total. The average Bonchev–Trinajstić information content (AvgIpc) is 3.25. The van der Waals surface area contributed by atoms with Crippen LogP contribution in [0.1, 0.15) is 47.3 Å². The molecule has 0 spiro atoms. The molecule has 3 aliphatic rings. The lowest BCUT2D eigenvalue weighted by Crippen LogP contribution is -2.63. The van der Waals surface area contributed by atoms with Gasteiger partial charge in [0.25, 0.3) is 0 Å². The van der Waals surface area contributed by atoms with E-state index >= 15 is 0 Å². The molecule has 0 aliphatic carbocycles. The summed E-state index contributed by atoms with van der Waals surface area (Å²) in [6.45, 7) is 3.92. The number of nitrogens with one attached hydrogen (secondary N) is 1. The Morgan fingerprint density at radius 3 is 3.00 bits per heavy atom. The van der Waals surface area contributed by atoms with Gasteiger partial charge in [0.05, 0.1) is 13.3 Å². The Balaban J connectivity index is 1.38. The summed E-state index contributed by atoms with van der Waals surface area (Å²) in [5.74, 6) is 1.26. The lowest BCUT2D eigenvalue weighted by molar-refractivity contribution is -0.0730. The number of rotatable bonds is 6. The molecule has 0 amide bonds. The maximum Gasteiger partial charge on any atom is 0.354 e. The Morgan fingerprint density at radius 1 is 1.29 bits per heavy atom. The number of piperidine rings is 3. The van der Waals surface area contributed by atoms with Crippen molar-refractivity contribution >= 4 is 5.97 Å². The highest BCUT2D eigenvalue weighted by Gasteiger charge is 2.47. The quantitative estimate of drug-likeness (QED) is 0.742. The molecular formula is C24H32N4O3. The number of carboxylic acid groups (broad SMARTS) is 1. The Kier molecular flexibility index (Phi) is 5.71. The first-order valence-electron chi connectivity index (χ1n) is 11.5. The molecule has 4 heterocycles. The summed E-state index contributed by atoms with van der Waals surface area (Å²) in [6.07, 6.45) is 7.90. The van der Waals surface area contributed by atoms with Gasteiger partial charge in [0.2, 0.25) is 0 Å². The molecule has 3 saturated heterocycles. The predicted molar refractivity (Wildman–Crippen MR) is 117 cm³/mol. The predicted octanol–water partition coefficient (Wildman–Crippen LogP) is 3.03. The number of carboxylic acids is 1. The van der Waals surface area contributed by atoms with Crippen molar-refractivity contribution in [1.29, 1.82) is 0 Å². The van der Waals surface area contributed by atoms with E-state index < -0.39 is 5.97 Å². The molecule has 166 valence electrons. The van der Waals surface area contributed by atoms with Gasteiger partial charge in [-0.1, -0.05) is 18.6 Å². The van der Waals surface area contributed by atoms with Crippen LogP contribution in [0.15, 0.2) is 30.5 Å². The number of aromatic amines is 1. The summed E-state index contributed by atoms with van der Waals surface area (Å²) in [7, 11) is 1.73. The van der Waals surface area contributed by atoms with Gasteiger partial charge in [-0.15, -0.1) is 0 Å². The largest absolute Gasteiger partial charge is 0.497 e. The van der Waals surface area contributed by atoms with Gasteiger partial charge >= 0.3 is 5.97 Å². The number of H-pyrrole nitrogens is 1. The molecule has 1 aromatic carbocycles. The lowest BCUT2D eigenvalue weighted by Gasteiger charge is -2.57. The van der Waals surface area contributed by atoms with Gasteiger partial charge in [-0.25, -0.2) is 4.79 Å². The highest BCUT2D eigenvalue weighted by atomic mass is 16.5. The number of fused-ring (bicyclic) bond motifs is 4. The van der Waals surface area contributed by atoms with Crippen molar-refractivity contribution in [3.8, 4) is 5.75 Å². The fourth-order valence-corrected chi connectivity index (χ4v) is 6.31. The molecule has 1 aromatic heterocycles. The summed E-state index contributed by atoms with van der Waals surface area (Å²) in [5, 5.41) is 16.1. The van der Waals surface area contributed by atoms with Gasteiger partial charge in [0.1, 0.15) is 11.4 Å². The number of aromatic carboxylic acids is 1. The Bertz CT molecular complexity index is 929. The number of hydrogen-bond donors (Lipinski definition) is 2. The van der Waals surface area contributed by atoms with Crippen LogP contribution in [-0.4, -0.2) is 69.9 Å². The van der Waals surface area contributed by atoms with Crippen molar-refractivity contribution in [3.05, 3.63) is 47.3 Å². The van der Waals surface area contributed by atoms with Crippen LogP contribution >= 0.6 is 0 Å². The molecular weight excluding hydrogens is 392 g/mol. The molecule has 5 rings (SSSR count). The molecule has 0 unspecified atom stereocenters. The summed E-state index contributed by atoms with van der Waals surface area (Å²) < 4.78 is 5.46. The number of carbonyl (C=O) groups is 1. The number of benzene rings is 1. The normalized spacial score (nSPS) is 28.8. The number of nitrogens with zero attached hydrogens (tertiary/aromatic N) is 3. The van der Waals surface area contributed by atoms with Gasteiger partial charge < -0.3 is 9.84 Å². The van der Waals surface area contributed by atoms with Crippen LogP contribution in [0.25, 0.3) is 0 Å². The molecule has 2 bridgehead atoms. The van der Waals surface area contributed by atoms with Crippen molar-refractivity contribution < 1.29 is 14.6 Å². The molecule has 31 heavy (non-hydrogen) atoms. The van der Waals surface area contributed by atoms with E-state index in [0.717, 1.165) is 30.8 Å². The number of likely N-dealkylation sites (tertiary alicyclic amines) is 1. The van der Waals surface area contributed by atoms with Crippen LogP contribution < -0.4 is 4.74 Å². The number of hydrogen-bond acceptors (Lipinski definition) is 5. The van der Waals surface area contributed by atoms with Crippen LogP contribution in [0.5, 0.6) is 5.75 Å². The van der Waals surface area contributed by atoms with E-state index in [2.05, 4.69) is 38.2 Å². The molecule has 0 radical (unpaired) electrons. The van der Waals surface area contributed by atoms with Gasteiger partial charge in [-0.2, -0.15) is 5.10 Å². The molecule has 7 heteroatoms. The maximum absolute atomic E-state index is 11.5. The van der Waals surface area contributed by atoms with E-state index in [1.165, 1.54) is 37.8 Å². The first-order chi connectivity index (χ1) is 15.1. The molecule has 3 aliphatic heterocycles. The first kappa shape index (κ1) is 20.5. The third kappa shape index (κ3) is 4.08. The third-order valence-electron chi connectivity index (χ3n) is 7.60. The second kappa shape index (κ2) is 8.63. The first-order valence-corrected chi connectivity index (χ1v) is 11.5. The minimum Gasteiger partial charge on any atom is -0.497 e. The fourth-order valence-electron chi connectivity index (χ4n) is 6.31. The van der Waals surface area contributed by atoms with Gasteiger partial charge in [-0.05, 0) is 61.8 Å². The zero-order valence-electron chi connectivity index (χ0n) is 18.2. The molecule has 4 atom stereocenters. The third-order valence-corrected chi connectivity index (χ3v) is 7.60. The molecule has 2 aromatic rings. The molecule has 3 fully saturated rings. The fraction of sp³-hybridized carbons (Fsp3) is 0.583. The standard InChI is InChI=1S/C24H32N4O3/c1-31-20-6-4-5-16(9-20)10-22-18-11-17(21-7-2-3-8-28(21)22)13-27(14-18)15-19-12-25-26-23(19)24(29)30/h4-6,9,12,17-18,21-22H,2-3,7-8,10-11,13-15H2,1H3,(H,25,26)(H,29,30)/t17-,18+,21+,22+/m1/s1. The van der Waals surface area contributed by atoms with Crippen LogP contribution in [0, 0.1) is 11.8 Å². The van der Waals surface area contributed by atoms with Crippen molar-refractivity contribution in [2.45, 2.75) is 50.7 Å². The van der Waals surface area contributed by atoms with Gasteiger partial charge in [0, 0.05) is 37.3 Å². The average molecular weight is 425 g/mol. The van der Waals surface area contributed by atoms with Crippen molar-refractivity contribution in [2.24, 2.45) is 11.8 Å². The van der Waals surface area contributed by atoms with Gasteiger partial charge in [0.15, 0.2) is 0 Å². The second-order valence-corrected chi connectivity index (χ2v) is 9.45. The summed E-state index contributed by atoms with van der Waals surface area (Å²) in [6, 6.07) is 9.67. The smallest absolute Gasteiger partial charge is 0.354 e. The maximum atomic E-state index is 11.5. The van der Waals surface area contributed by atoms with Crippen LogP contribution in [0.4, 0.5) is 0 Å². The van der Waals surface area contributed by atoms with Crippen LogP contribution in [-0.2, 0) is 13.0 Å². The lowest BCUT2D eigenvalue weighted by atomic mass is 9.71. The van der Waals surface area contributed by atoms with Crippen molar-refractivity contribution in [3.63, 3.8) is 0 Å². The Hall–Kier alpha value is -2.38. The SMILES string of the molecule is COc1cccc(C[C@H]2[C@H]3C[C@H](CN(Cc4cn[nH]c4C(=O)O)C3)[C@@H]3CCCCN32)c1. The van der Waals surface area contributed by atoms with E-state index in [-0.39, 0.29) is 5.69 Å². The summed E-state index contributed by atoms with van der Waals surface area (Å²) in [4.78, 5) is 16.8. The van der Waals surface area contributed by atoms with Crippen molar-refractivity contribution in [1.82, 2.24) is 20.0 Å². The highest BCUT2D eigenvalue weighted by molar-refractivity contribution is 5.86. The van der Waals surface area contributed by atoms with Crippen LogP contribution in [0.2, 0.25) is 0 Å². The number of ether oxygens (including phenoxy) is 1. The summed E-state index contributed by atoms with van der Waals surface area (Å²) >= 11 is 0. The summed E-state index contributed by atoms with van der Waals surface area (Å²) in [5.41, 5.74) is 2.35. The number of aromatic nitrogens is 2. The topological polar surface area (TPSA) is 81.7 Å². The van der Waals surface area contributed by atoms with Gasteiger partial charge in [-0.3, -0.25) is 14.9 Å². The highest BCUT2D eigenvalue weighted by Crippen LogP contribution is 2.42. The van der Waals surface area contributed by atoms with E-state index in [1.807, 2.05) is 6.07 Å². The second-order valence-electron chi connectivity index (χ2n) is 9.45. The van der Waals surface area contributed by atoms with E-state index in [4.69, 9.17) is 4.74 Å². The van der Waals surface area contributed by atoms with E-state index in [0.29, 0.717) is 30.5 Å². The zero-order valence-corrected chi connectivity index (χ0v) is 18.2. The Labute approximate surface area is 183 Å². The monoisotopic (exact) mass is 424 g/mol. The molecule has 7 nitrogen and oxygen atoms in total. The van der Waals surface area contributed by atoms with E-state index in [1.54, 1.807) is 13.3 Å². The van der Waals surface area contributed by atoms with Crippen LogP contribution in [0.3, 0.4) is 0 Å². The zero-order chi connectivity index (χ0) is 21.4. The minimum atomic E-state index is -0.931. The Morgan fingerprint density at radius 2 is 2.16 bits per heavy atom.